The van der Waals surface area contributed by atoms with Gasteiger partial charge in [0.25, 0.3) is 5.19 Å². The van der Waals surface area contributed by atoms with Crippen molar-refractivity contribution < 1.29 is 9.47 Å². The highest BCUT2D eigenvalue weighted by atomic mass is 79.9. The molecule has 1 aliphatic rings. The quantitative estimate of drug-likeness (QED) is 0.838. The van der Waals surface area contributed by atoms with E-state index in [0.717, 1.165) is 22.6 Å². The summed E-state index contributed by atoms with van der Waals surface area (Å²) in [4.78, 5) is 4.23. The lowest BCUT2D eigenvalue weighted by atomic mass is 10.0. The molecule has 0 bridgehead atoms. The summed E-state index contributed by atoms with van der Waals surface area (Å²) < 4.78 is 12.3. The predicted molar refractivity (Wildman–Crippen MR) is 63.5 cm³/mol. The van der Waals surface area contributed by atoms with Crippen molar-refractivity contribution in [2.75, 3.05) is 0 Å². The van der Waals surface area contributed by atoms with Crippen LogP contribution in [0.2, 0.25) is 0 Å². The van der Waals surface area contributed by atoms with Crippen molar-refractivity contribution in [2.24, 2.45) is 0 Å². The molecule has 0 aromatic carbocycles. The first kappa shape index (κ1) is 11.4. The molecular weight excluding hydrogens is 278 g/mol. The Bertz CT molecular complexity index is 321. The van der Waals surface area contributed by atoms with Crippen molar-refractivity contribution in [1.82, 2.24) is 4.98 Å². The van der Waals surface area contributed by atoms with Gasteiger partial charge in [-0.3, -0.25) is 0 Å². The molecule has 0 radical (unpaired) electrons. The highest BCUT2D eigenvalue weighted by Crippen LogP contribution is 2.27. The molecular formula is C10H14BrNO2S. The molecule has 0 aliphatic carbocycles. The van der Waals surface area contributed by atoms with Crippen LogP contribution in [0.5, 0.6) is 5.19 Å². The van der Waals surface area contributed by atoms with Gasteiger partial charge in [-0.05, 0) is 29.8 Å². The lowest BCUT2D eigenvalue weighted by Crippen LogP contribution is -2.35. The molecule has 84 valence electrons. The molecule has 15 heavy (non-hydrogen) atoms. The maximum absolute atomic E-state index is 5.81. The lowest BCUT2D eigenvalue weighted by Gasteiger charge is -2.31. The van der Waals surface area contributed by atoms with Crippen LogP contribution >= 0.6 is 27.3 Å². The van der Waals surface area contributed by atoms with E-state index in [4.69, 9.17) is 9.47 Å². The maximum atomic E-state index is 5.81. The summed E-state index contributed by atoms with van der Waals surface area (Å²) in [6.07, 6.45) is 2.69. The van der Waals surface area contributed by atoms with E-state index >= 15 is 0 Å². The Labute approximate surface area is 102 Å². The second-order valence-electron chi connectivity index (χ2n) is 3.90. The first-order valence-corrected chi connectivity index (χ1v) is 6.74. The lowest BCUT2D eigenvalue weighted by molar-refractivity contribution is -0.0721. The summed E-state index contributed by atoms with van der Waals surface area (Å²) >= 11 is 4.84. The molecule has 1 fully saturated rings. The third kappa shape index (κ3) is 3.16. The highest BCUT2D eigenvalue weighted by Gasteiger charge is 2.26. The zero-order valence-electron chi connectivity index (χ0n) is 8.77. The van der Waals surface area contributed by atoms with Crippen LogP contribution in [0.3, 0.4) is 0 Å². The van der Waals surface area contributed by atoms with Gasteiger partial charge in [0.05, 0.1) is 12.2 Å². The van der Waals surface area contributed by atoms with Crippen molar-refractivity contribution in [1.29, 1.82) is 0 Å². The fourth-order valence-electron chi connectivity index (χ4n) is 1.88. The standard InChI is InChI=1S/C10H14BrNO2S/c1-6-3-8(4-7(2)13-6)14-10-12-9(11)5-15-10/h5-8H,3-4H2,1-2H3. The summed E-state index contributed by atoms with van der Waals surface area (Å²) in [7, 11) is 0. The number of nitrogens with zero attached hydrogens (tertiary/aromatic N) is 1. The second kappa shape index (κ2) is 4.80. The number of rotatable bonds is 2. The van der Waals surface area contributed by atoms with Gasteiger partial charge in [-0.1, -0.05) is 11.3 Å². The Morgan fingerprint density at radius 2 is 2.13 bits per heavy atom. The number of thiazole rings is 1. The summed E-state index contributed by atoms with van der Waals surface area (Å²) in [5.74, 6) is 0. The van der Waals surface area contributed by atoms with Gasteiger partial charge >= 0.3 is 0 Å². The Morgan fingerprint density at radius 1 is 1.47 bits per heavy atom. The average Bonchev–Trinajstić information content (AvgIpc) is 2.49. The zero-order chi connectivity index (χ0) is 10.8. The molecule has 0 saturated carbocycles. The highest BCUT2D eigenvalue weighted by molar-refractivity contribution is 9.10. The van der Waals surface area contributed by atoms with Crippen LogP contribution in [0, 0.1) is 0 Å². The van der Waals surface area contributed by atoms with Gasteiger partial charge in [0.1, 0.15) is 10.7 Å². The molecule has 0 amide bonds. The van der Waals surface area contributed by atoms with E-state index in [9.17, 15) is 0 Å². The van der Waals surface area contributed by atoms with E-state index in [-0.39, 0.29) is 18.3 Å². The van der Waals surface area contributed by atoms with Crippen LogP contribution in [0.15, 0.2) is 9.98 Å². The minimum absolute atomic E-state index is 0.238. The van der Waals surface area contributed by atoms with Gasteiger partial charge in [0.15, 0.2) is 0 Å². The maximum Gasteiger partial charge on any atom is 0.274 e. The van der Waals surface area contributed by atoms with Crippen LogP contribution < -0.4 is 4.74 Å². The Balaban J connectivity index is 1.94. The molecule has 1 aliphatic heterocycles. The molecule has 2 unspecified atom stereocenters. The Morgan fingerprint density at radius 3 is 2.67 bits per heavy atom. The minimum Gasteiger partial charge on any atom is -0.466 e. The topological polar surface area (TPSA) is 31.4 Å². The second-order valence-corrected chi connectivity index (χ2v) is 5.54. The summed E-state index contributed by atoms with van der Waals surface area (Å²) in [5, 5.41) is 2.68. The van der Waals surface area contributed by atoms with Gasteiger partial charge in [-0.2, -0.15) is 4.98 Å². The molecule has 1 saturated heterocycles. The zero-order valence-corrected chi connectivity index (χ0v) is 11.2. The molecule has 5 heteroatoms. The van der Waals surface area contributed by atoms with E-state index < -0.39 is 0 Å². The van der Waals surface area contributed by atoms with Gasteiger partial charge in [0, 0.05) is 18.2 Å². The normalized spacial score (nSPS) is 31.5. The fraction of sp³-hybridized carbons (Fsp3) is 0.700. The molecule has 3 nitrogen and oxygen atoms in total. The number of ether oxygens (including phenoxy) is 2. The van der Waals surface area contributed by atoms with E-state index in [2.05, 4.69) is 34.8 Å². The molecule has 2 rings (SSSR count). The first-order chi connectivity index (χ1) is 7.13. The van der Waals surface area contributed by atoms with Gasteiger partial charge in [-0.25, -0.2) is 0 Å². The monoisotopic (exact) mass is 291 g/mol. The van der Waals surface area contributed by atoms with Crippen LogP contribution in [0.4, 0.5) is 0 Å². The molecule has 0 spiro atoms. The van der Waals surface area contributed by atoms with Gasteiger partial charge in [-0.15, -0.1) is 0 Å². The van der Waals surface area contributed by atoms with Crippen LogP contribution in [0.1, 0.15) is 26.7 Å². The molecule has 1 aromatic rings. The third-order valence-corrected chi connectivity index (χ3v) is 3.82. The van der Waals surface area contributed by atoms with Crippen LogP contribution in [-0.2, 0) is 4.74 Å². The summed E-state index contributed by atoms with van der Waals surface area (Å²) in [6.45, 7) is 4.17. The summed E-state index contributed by atoms with van der Waals surface area (Å²) in [6, 6.07) is 0. The van der Waals surface area contributed by atoms with E-state index in [0.29, 0.717) is 0 Å². The molecule has 1 aromatic heterocycles. The van der Waals surface area contributed by atoms with E-state index in [1.165, 1.54) is 11.3 Å². The summed E-state index contributed by atoms with van der Waals surface area (Å²) in [5.41, 5.74) is 0. The molecule has 2 heterocycles. The Hall–Kier alpha value is -0.130. The first-order valence-electron chi connectivity index (χ1n) is 5.06. The molecule has 0 N–H and O–H groups in total. The third-order valence-electron chi connectivity index (χ3n) is 2.38. The SMILES string of the molecule is CC1CC(Oc2nc(Br)cs2)CC(C)O1. The van der Waals surface area contributed by atoms with Gasteiger partial charge in [0.2, 0.25) is 0 Å². The molecule has 2 atom stereocenters. The predicted octanol–water partition coefficient (Wildman–Crippen LogP) is 3.24. The number of halogens is 1. The van der Waals surface area contributed by atoms with E-state index in [1.807, 2.05) is 5.38 Å². The fourth-order valence-corrected chi connectivity index (χ4v) is 3.03. The number of hydrogen-bond donors (Lipinski definition) is 0. The smallest absolute Gasteiger partial charge is 0.274 e. The van der Waals surface area contributed by atoms with Crippen LogP contribution in [0.25, 0.3) is 0 Å². The van der Waals surface area contributed by atoms with E-state index in [1.54, 1.807) is 0 Å². The van der Waals surface area contributed by atoms with Crippen molar-refractivity contribution in [3.05, 3.63) is 9.98 Å². The number of aromatic nitrogens is 1. The van der Waals surface area contributed by atoms with Crippen molar-refractivity contribution >= 4 is 27.3 Å². The number of hydrogen-bond acceptors (Lipinski definition) is 4. The van der Waals surface area contributed by atoms with Crippen molar-refractivity contribution in [3.63, 3.8) is 0 Å². The Kier molecular flexibility index (Phi) is 3.64. The average molecular weight is 292 g/mol. The van der Waals surface area contributed by atoms with Crippen molar-refractivity contribution in [2.45, 2.75) is 45.0 Å². The van der Waals surface area contributed by atoms with Crippen LogP contribution in [-0.4, -0.2) is 23.3 Å². The largest absolute Gasteiger partial charge is 0.466 e. The minimum atomic E-state index is 0.238. The van der Waals surface area contributed by atoms with Gasteiger partial charge < -0.3 is 9.47 Å². The van der Waals surface area contributed by atoms with Crippen molar-refractivity contribution in [3.8, 4) is 5.19 Å².